The first-order valence-corrected chi connectivity index (χ1v) is 13.0. The minimum Gasteiger partial charge on any atom is -0.494 e. The molecule has 0 saturated carbocycles. The van der Waals surface area contributed by atoms with Gasteiger partial charge in [-0.05, 0) is 49.2 Å². The third-order valence-corrected chi connectivity index (χ3v) is 7.07. The SMILES string of the molecule is CCCOc1ccc(N2CCN(C[C@@](C)(O)c3ccc(OC)nc3)C[C@H]2c2ccc(Cl)cc2)c(Cl)c1. The number of β-amino-alcohol motifs (C(OH)–C–C–N with tert-alkyl or cyclic N) is 1. The number of halogens is 2. The average Bonchev–Trinajstić information content (AvgIpc) is 2.88. The first-order valence-electron chi connectivity index (χ1n) is 12.2. The quantitative estimate of drug-likeness (QED) is 0.369. The van der Waals surface area contributed by atoms with Gasteiger partial charge in [-0.25, -0.2) is 4.98 Å². The molecular formula is C28H33Cl2N3O3. The van der Waals surface area contributed by atoms with Crippen molar-refractivity contribution < 1.29 is 14.6 Å². The van der Waals surface area contributed by atoms with Crippen molar-refractivity contribution in [3.8, 4) is 11.6 Å². The summed E-state index contributed by atoms with van der Waals surface area (Å²) in [6.07, 6.45) is 2.62. The number of aromatic nitrogens is 1. The van der Waals surface area contributed by atoms with E-state index in [1.54, 1.807) is 19.4 Å². The van der Waals surface area contributed by atoms with Crippen LogP contribution in [-0.2, 0) is 5.60 Å². The molecule has 0 radical (unpaired) electrons. The summed E-state index contributed by atoms with van der Waals surface area (Å²) in [4.78, 5) is 8.88. The van der Waals surface area contributed by atoms with Crippen molar-refractivity contribution in [1.29, 1.82) is 0 Å². The summed E-state index contributed by atoms with van der Waals surface area (Å²) in [5.74, 6) is 1.30. The lowest BCUT2D eigenvalue weighted by Crippen LogP contribution is -2.52. The molecule has 1 aliphatic heterocycles. The van der Waals surface area contributed by atoms with E-state index in [2.05, 4.69) is 33.8 Å². The molecule has 1 saturated heterocycles. The van der Waals surface area contributed by atoms with Crippen LogP contribution in [0.4, 0.5) is 5.69 Å². The average molecular weight is 530 g/mol. The van der Waals surface area contributed by atoms with Gasteiger partial charge in [0.05, 0.1) is 30.5 Å². The summed E-state index contributed by atoms with van der Waals surface area (Å²) in [7, 11) is 1.58. The fraction of sp³-hybridized carbons (Fsp3) is 0.393. The summed E-state index contributed by atoms with van der Waals surface area (Å²) in [6.45, 7) is 7.27. The molecule has 8 heteroatoms. The van der Waals surface area contributed by atoms with Gasteiger partial charge >= 0.3 is 0 Å². The first kappa shape index (κ1) is 26.6. The molecule has 0 bridgehead atoms. The van der Waals surface area contributed by atoms with Crippen LogP contribution in [0.2, 0.25) is 10.0 Å². The molecule has 1 aromatic heterocycles. The van der Waals surface area contributed by atoms with Crippen molar-refractivity contribution in [3.05, 3.63) is 82.0 Å². The number of methoxy groups -OCH3 is 1. The van der Waals surface area contributed by atoms with Gasteiger partial charge in [0, 0.05) is 55.1 Å². The van der Waals surface area contributed by atoms with Gasteiger partial charge in [0.25, 0.3) is 0 Å². The molecule has 1 aliphatic rings. The van der Waals surface area contributed by atoms with E-state index in [0.29, 0.717) is 35.6 Å². The van der Waals surface area contributed by atoms with Crippen LogP contribution in [0.15, 0.2) is 60.8 Å². The molecule has 0 amide bonds. The number of hydrogen-bond acceptors (Lipinski definition) is 6. The molecule has 3 aromatic rings. The van der Waals surface area contributed by atoms with Gasteiger partial charge in [0.15, 0.2) is 0 Å². The molecule has 1 N–H and O–H groups in total. The highest BCUT2D eigenvalue weighted by Gasteiger charge is 2.34. The van der Waals surface area contributed by atoms with Crippen molar-refractivity contribution >= 4 is 28.9 Å². The minimum atomic E-state index is -1.07. The number of rotatable bonds is 9. The predicted octanol–water partition coefficient (Wildman–Crippen LogP) is 5.96. The Balaban J connectivity index is 1.57. The summed E-state index contributed by atoms with van der Waals surface area (Å²) < 4.78 is 10.9. The molecule has 2 heterocycles. The van der Waals surface area contributed by atoms with E-state index >= 15 is 0 Å². The third-order valence-electron chi connectivity index (χ3n) is 6.52. The Kier molecular flexibility index (Phi) is 8.62. The Labute approximate surface area is 223 Å². The van der Waals surface area contributed by atoms with Crippen molar-refractivity contribution in [3.63, 3.8) is 0 Å². The van der Waals surface area contributed by atoms with Crippen LogP contribution in [0, 0.1) is 0 Å². The number of ether oxygens (including phenoxy) is 2. The third kappa shape index (κ3) is 6.24. The first-order chi connectivity index (χ1) is 17.3. The van der Waals surface area contributed by atoms with Crippen molar-refractivity contribution in [2.24, 2.45) is 0 Å². The van der Waals surface area contributed by atoms with Crippen LogP contribution >= 0.6 is 23.2 Å². The Bertz CT molecular complexity index is 1140. The lowest BCUT2D eigenvalue weighted by Gasteiger charge is -2.45. The van der Waals surface area contributed by atoms with Gasteiger partial charge in [-0.2, -0.15) is 0 Å². The largest absolute Gasteiger partial charge is 0.494 e. The van der Waals surface area contributed by atoms with E-state index in [0.717, 1.165) is 42.1 Å². The number of piperazine rings is 1. The zero-order valence-electron chi connectivity index (χ0n) is 21.0. The maximum absolute atomic E-state index is 11.3. The van der Waals surface area contributed by atoms with E-state index < -0.39 is 5.60 Å². The number of hydrogen-bond donors (Lipinski definition) is 1. The van der Waals surface area contributed by atoms with Gasteiger partial charge < -0.3 is 19.5 Å². The number of benzene rings is 2. The van der Waals surface area contributed by atoms with Crippen molar-refractivity contribution in [1.82, 2.24) is 9.88 Å². The highest BCUT2D eigenvalue weighted by molar-refractivity contribution is 6.33. The standard InChI is InChI=1S/C28H33Cl2N3O3/c1-4-15-36-23-10-11-25(24(30)16-23)33-14-13-32(18-26(33)20-5-8-22(29)9-6-20)19-28(2,34)21-7-12-27(35-3)31-17-21/h5-12,16-17,26,34H,4,13-15,18-19H2,1-3H3/t26-,28+/m0/s1. The number of anilines is 1. The van der Waals surface area contributed by atoms with Crippen LogP contribution in [0.5, 0.6) is 11.6 Å². The highest BCUT2D eigenvalue weighted by atomic mass is 35.5. The van der Waals surface area contributed by atoms with Gasteiger partial charge in [-0.1, -0.05) is 42.3 Å². The Morgan fingerprint density at radius 3 is 2.50 bits per heavy atom. The molecule has 0 spiro atoms. The summed E-state index contributed by atoms with van der Waals surface area (Å²) in [5, 5.41) is 12.7. The number of nitrogens with zero attached hydrogens (tertiary/aromatic N) is 3. The molecular weight excluding hydrogens is 497 g/mol. The van der Waals surface area contributed by atoms with Gasteiger partial charge in [-0.15, -0.1) is 0 Å². The molecule has 1 fully saturated rings. The molecule has 192 valence electrons. The molecule has 2 atom stereocenters. The van der Waals surface area contributed by atoms with E-state index in [1.165, 1.54) is 0 Å². The molecule has 4 rings (SSSR count). The normalized spacial score (nSPS) is 18.1. The van der Waals surface area contributed by atoms with Crippen LogP contribution < -0.4 is 14.4 Å². The number of aliphatic hydroxyl groups is 1. The fourth-order valence-corrected chi connectivity index (χ4v) is 5.02. The van der Waals surface area contributed by atoms with Crippen LogP contribution in [0.1, 0.15) is 37.4 Å². The van der Waals surface area contributed by atoms with Gasteiger partial charge in [-0.3, -0.25) is 4.90 Å². The maximum atomic E-state index is 11.3. The van der Waals surface area contributed by atoms with E-state index in [1.807, 2.05) is 43.3 Å². The predicted molar refractivity (Wildman–Crippen MR) is 146 cm³/mol. The molecule has 36 heavy (non-hydrogen) atoms. The van der Waals surface area contributed by atoms with E-state index in [9.17, 15) is 5.11 Å². The number of pyridine rings is 1. The smallest absolute Gasteiger partial charge is 0.212 e. The molecule has 2 aromatic carbocycles. The second kappa shape index (κ2) is 11.7. The van der Waals surface area contributed by atoms with Crippen molar-refractivity contribution in [2.75, 3.05) is 44.8 Å². The second-order valence-corrected chi connectivity index (χ2v) is 10.2. The summed E-state index contributed by atoms with van der Waals surface area (Å²) in [6, 6.07) is 17.5. The molecule has 0 unspecified atom stereocenters. The summed E-state index contributed by atoms with van der Waals surface area (Å²) >= 11 is 12.9. The van der Waals surface area contributed by atoms with Crippen LogP contribution in [0.25, 0.3) is 0 Å². The lowest BCUT2D eigenvalue weighted by atomic mass is 9.95. The zero-order valence-corrected chi connectivity index (χ0v) is 22.5. The lowest BCUT2D eigenvalue weighted by molar-refractivity contribution is 0.00997. The monoisotopic (exact) mass is 529 g/mol. The molecule has 6 nitrogen and oxygen atoms in total. The zero-order chi connectivity index (χ0) is 25.7. The van der Waals surface area contributed by atoms with Crippen molar-refractivity contribution in [2.45, 2.75) is 31.9 Å². The van der Waals surface area contributed by atoms with Crippen LogP contribution in [-0.4, -0.2) is 54.9 Å². The van der Waals surface area contributed by atoms with E-state index in [4.69, 9.17) is 32.7 Å². The Morgan fingerprint density at radius 1 is 1.08 bits per heavy atom. The minimum absolute atomic E-state index is 0.0284. The van der Waals surface area contributed by atoms with Gasteiger partial charge in [0.2, 0.25) is 5.88 Å². The maximum Gasteiger partial charge on any atom is 0.212 e. The fourth-order valence-electron chi connectivity index (χ4n) is 4.62. The topological polar surface area (TPSA) is 58.1 Å². The highest BCUT2D eigenvalue weighted by Crippen LogP contribution is 2.38. The summed E-state index contributed by atoms with van der Waals surface area (Å²) in [5.41, 5.74) is 1.78. The molecule has 0 aliphatic carbocycles. The van der Waals surface area contributed by atoms with Crippen LogP contribution in [0.3, 0.4) is 0 Å². The van der Waals surface area contributed by atoms with Gasteiger partial charge in [0.1, 0.15) is 11.4 Å². The second-order valence-electron chi connectivity index (χ2n) is 9.32. The van der Waals surface area contributed by atoms with E-state index in [-0.39, 0.29) is 6.04 Å². The Morgan fingerprint density at radius 2 is 1.86 bits per heavy atom. The Hall–Kier alpha value is -2.51.